The van der Waals surface area contributed by atoms with Crippen LogP contribution in [0.4, 0.5) is 0 Å². The normalized spacial score (nSPS) is 12.9. The van der Waals surface area contributed by atoms with Gasteiger partial charge in [0.1, 0.15) is 0 Å². The lowest BCUT2D eigenvalue weighted by atomic mass is 10.2. The van der Waals surface area contributed by atoms with Crippen molar-refractivity contribution in [1.29, 1.82) is 0 Å². The van der Waals surface area contributed by atoms with Gasteiger partial charge in [0.2, 0.25) is 6.41 Å². The van der Waals surface area contributed by atoms with Gasteiger partial charge >= 0.3 is 0 Å². The van der Waals surface area contributed by atoms with Crippen molar-refractivity contribution >= 4 is 0 Å². The lowest BCUT2D eigenvalue weighted by Gasteiger charge is -2.05. The molecule has 0 heterocycles. The van der Waals surface area contributed by atoms with E-state index in [1.165, 1.54) is 0 Å². The number of rotatable bonds is 3. The average molecular weight is 153 g/mol. The van der Waals surface area contributed by atoms with Crippen molar-refractivity contribution in [3.8, 4) is 0 Å². The number of ether oxygens (including phenoxy) is 1. The molecule has 0 fully saturated rings. The quantitative estimate of drug-likeness (QED) is 0.619. The van der Waals surface area contributed by atoms with Crippen LogP contribution in [-0.2, 0) is 11.3 Å². The Labute approximate surface area is 65.4 Å². The van der Waals surface area contributed by atoms with E-state index >= 15 is 0 Å². The third kappa shape index (κ3) is 3.13. The third-order valence-electron chi connectivity index (χ3n) is 1.26. The molecule has 0 radical (unpaired) electrons. The van der Waals surface area contributed by atoms with Crippen molar-refractivity contribution < 1.29 is 9.84 Å². The summed E-state index contributed by atoms with van der Waals surface area (Å²) in [7, 11) is 0. The van der Waals surface area contributed by atoms with E-state index in [1.54, 1.807) is 0 Å². The molecule has 0 saturated heterocycles. The highest BCUT2D eigenvalue weighted by atomic mass is 16.6. The van der Waals surface area contributed by atoms with Crippen molar-refractivity contribution in [3.63, 3.8) is 0 Å². The van der Waals surface area contributed by atoms with Gasteiger partial charge in [0.15, 0.2) is 0 Å². The Morgan fingerprint density at radius 3 is 2.55 bits per heavy atom. The van der Waals surface area contributed by atoms with Crippen LogP contribution in [0.25, 0.3) is 0 Å². The molecular formula is C8H11NO2. The molecule has 1 rings (SSSR count). The summed E-state index contributed by atoms with van der Waals surface area (Å²) in [4.78, 5) is 0. The molecule has 60 valence electrons. The van der Waals surface area contributed by atoms with Gasteiger partial charge < -0.3 is 9.84 Å². The average Bonchev–Trinajstić information content (AvgIpc) is 2.03. The van der Waals surface area contributed by atoms with Gasteiger partial charge in [0, 0.05) is 0 Å². The first-order valence-corrected chi connectivity index (χ1v) is 3.38. The Morgan fingerprint density at radius 1 is 1.36 bits per heavy atom. The van der Waals surface area contributed by atoms with Crippen LogP contribution in [-0.4, -0.2) is 11.5 Å². The van der Waals surface area contributed by atoms with Crippen molar-refractivity contribution in [1.82, 2.24) is 0 Å². The first kappa shape index (κ1) is 8.20. The van der Waals surface area contributed by atoms with Crippen molar-refractivity contribution in [2.75, 3.05) is 0 Å². The molecule has 3 heteroatoms. The second kappa shape index (κ2) is 4.08. The predicted octanol–water partition coefficient (Wildman–Crippen LogP) is 0.438. The summed E-state index contributed by atoms with van der Waals surface area (Å²) in [5.41, 5.74) is 5.97. The zero-order valence-electron chi connectivity index (χ0n) is 6.10. The van der Waals surface area contributed by atoms with E-state index in [9.17, 15) is 0 Å². The Balaban J connectivity index is 2.39. The van der Waals surface area contributed by atoms with Gasteiger partial charge in [-0.25, -0.2) is 0 Å². The molecule has 1 aromatic carbocycles. The van der Waals surface area contributed by atoms with Crippen LogP contribution >= 0.6 is 0 Å². The molecule has 0 aliphatic heterocycles. The summed E-state index contributed by atoms with van der Waals surface area (Å²) >= 11 is 0. The molecule has 0 amide bonds. The fourth-order valence-electron chi connectivity index (χ4n) is 0.756. The second-order valence-electron chi connectivity index (χ2n) is 2.19. The number of hydrogen-bond acceptors (Lipinski definition) is 3. The highest BCUT2D eigenvalue weighted by Gasteiger charge is 1.94. The van der Waals surface area contributed by atoms with E-state index in [0.717, 1.165) is 5.56 Å². The molecule has 1 atom stereocenters. The predicted molar refractivity (Wildman–Crippen MR) is 41.4 cm³/mol. The summed E-state index contributed by atoms with van der Waals surface area (Å²) in [5, 5.41) is 8.57. The van der Waals surface area contributed by atoms with Gasteiger partial charge in [-0.3, -0.25) is 5.73 Å². The molecule has 0 aliphatic rings. The molecular weight excluding hydrogens is 142 g/mol. The van der Waals surface area contributed by atoms with Crippen LogP contribution < -0.4 is 5.73 Å². The van der Waals surface area contributed by atoms with Crippen LogP contribution in [0, 0.1) is 0 Å². The summed E-state index contributed by atoms with van der Waals surface area (Å²) in [6.45, 7) is 0.346. The van der Waals surface area contributed by atoms with Crippen molar-refractivity contribution in [3.05, 3.63) is 35.9 Å². The maximum atomic E-state index is 8.57. The standard InChI is InChI=1S/C8H11NO2/c9-8(10)11-6-7-4-2-1-3-5-7/h1-5,8,10H,6,9H2. The second-order valence-corrected chi connectivity index (χ2v) is 2.19. The van der Waals surface area contributed by atoms with Gasteiger partial charge in [-0.15, -0.1) is 0 Å². The largest absolute Gasteiger partial charge is 0.356 e. The monoisotopic (exact) mass is 153 g/mol. The molecule has 1 aromatic rings. The lowest BCUT2D eigenvalue weighted by Crippen LogP contribution is -2.22. The van der Waals surface area contributed by atoms with Crippen LogP contribution in [0.3, 0.4) is 0 Å². The minimum Gasteiger partial charge on any atom is -0.356 e. The van der Waals surface area contributed by atoms with Crippen LogP contribution in [0.1, 0.15) is 5.56 Å². The van der Waals surface area contributed by atoms with E-state index in [2.05, 4.69) is 0 Å². The van der Waals surface area contributed by atoms with Crippen molar-refractivity contribution in [2.45, 2.75) is 13.0 Å². The highest BCUT2D eigenvalue weighted by Crippen LogP contribution is 2.00. The molecule has 3 nitrogen and oxygen atoms in total. The summed E-state index contributed by atoms with van der Waals surface area (Å²) in [5.74, 6) is 0. The Kier molecular flexibility index (Phi) is 3.04. The van der Waals surface area contributed by atoms with Crippen LogP contribution in [0.5, 0.6) is 0 Å². The number of hydrogen-bond donors (Lipinski definition) is 2. The number of aliphatic hydroxyl groups excluding tert-OH is 1. The van der Waals surface area contributed by atoms with Gasteiger partial charge in [-0.1, -0.05) is 30.3 Å². The molecule has 3 N–H and O–H groups in total. The first-order valence-electron chi connectivity index (χ1n) is 3.38. The molecule has 0 aromatic heterocycles. The molecule has 0 aliphatic carbocycles. The Bertz CT molecular complexity index is 199. The SMILES string of the molecule is NC(O)OCc1ccccc1. The van der Waals surface area contributed by atoms with Gasteiger partial charge in [0.25, 0.3) is 0 Å². The van der Waals surface area contributed by atoms with Gasteiger partial charge in [0.05, 0.1) is 6.61 Å². The molecule has 1 unspecified atom stereocenters. The van der Waals surface area contributed by atoms with E-state index in [4.69, 9.17) is 15.6 Å². The maximum Gasteiger partial charge on any atom is 0.211 e. The highest BCUT2D eigenvalue weighted by molar-refractivity contribution is 5.13. The number of benzene rings is 1. The zero-order valence-corrected chi connectivity index (χ0v) is 6.10. The molecule has 0 saturated carbocycles. The van der Waals surface area contributed by atoms with Crippen LogP contribution in [0.2, 0.25) is 0 Å². The zero-order chi connectivity index (χ0) is 8.10. The fourth-order valence-corrected chi connectivity index (χ4v) is 0.756. The third-order valence-corrected chi connectivity index (χ3v) is 1.26. The van der Waals surface area contributed by atoms with E-state index in [-0.39, 0.29) is 0 Å². The molecule has 0 spiro atoms. The minimum atomic E-state index is -1.18. The Morgan fingerprint density at radius 2 is 2.00 bits per heavy atom. The van der Waals surface area contributed by atoms with Crippen molar-refractivity contribution in [2.24, 2.45) is 5.73 Å². The lowest BCUT2D eigenvalue weighted by molar-refractivity contribution is -0.103. The van der Waals surface area contributed by atoms with Gasteiger partial charge in [-0.05, 0) is 5.56 Å². The summed E-state index contributed by atoms with van der Waals surface area (Å²) < 4.78 is 4.76. The first-order chi connectivity index (χ1) is 5.29. The smallest absolute Gasteiger partial charge is 0.211 e. The van der Waals surface area contributed by atoms with Crippen LogP contribution in [0.15, 0.2) is 30.3 Å². The minimum absolute atomic E-state index is 0.346. The maximum absolute atomic E-state index is 8.57. The van der Waals surface area contributed by atoms with Gasteiger partial charge in [-0.2, -0.15) is 0 Å². The number of nitrogens with two attached hydrogens (primary N) is 1. The summed E-state index contributed by atoms with van der Waals surface area (Å²) in [6.07, 6.45) is -1.18. The summed E-state index contributed by atoms with van der Waals surface area (Å²) in [6, 6.07) is 9.54. The molecule has 0 bridgehead atoms. The van der Waals surface area contributed by atoms with E-state index < -0.39 is 6.41 Å². The van der Waals surface area contributed by atoms with E-state index in [0.29, 0.717) is 6.61 Å². The number of aliphatic hydroxyl groups is 1. The fraction of sp³-hybridized carbons (Fsp3) is 0.250. The topological polar surface area (TPSA) is 55.5 Å². The van der Waals surface area contributed by atoms with E-state index in [1.807, 2.05) is 30.3 Å². The molecule has 11 heavy (non-hydrogen) atoms. The Hall–Kier alpha value is -0.900.